The number of thiophene rings is 1. The fourth-order valence-electron chi connectivity index (χ4n) is 2.99. The average molecular weight is 436 g/mol. The van der Waals surface area contributed by atoms with Crippen molar-refractivity contribution in [2.75, 3.05) is 5.32 Å². The van der Waals surface area contributed by atoms with Gasteiger partial charge in [0.2, 0.25) is 0 Å². The second kappa shape index (κ2) is 6.51. The molecule has 3 N–H and O–H groups in total. The van der Waals surface area contributed by atoms with E-state index >= 15 is 0 Å². The lowest BCUT2D eigenvalue weighted by Crippen LogP contribution is -2.02. The fourth-order valence-corrected chi connectivity index (χ4v) is 4.91. The number of rotatable bonds is 6. The molecule has 3 heterocycles. The van der Waals surface area contributed by atoms with Gasteiger partial charge in [-0.1, -0.05) is 11.6 Å². The van der Waals surface area contributed by atoms with Gasteiger partial charge in [-0.15, -0.1) is 16.5 Å². The third kappa shape index (κ3) is 3.52. The quantitative estimate of drug-likeness (QED) is 0.601. The van der Waals surface area contributed by atoms with Crippen LogP contribution < -0.4 is 10.5 Å². The number of H-pyrrole nitrogens is 1. The Hall–Kier alpha value is -2.01. The maximum absolute atomic E-state index is 11.5. The number of aromatic amines is 1. The standard InChI is InChI=1S/C17H16ClN6O2S2/c18-14-15(9-3-4-9)21-16(11-5-6-13(27-11)28(19,25)26)22-17(14)20-12-7-10(23-24-12)8-1-2-8/h5-9,19H,1-4H2,(H2,20,21,22,23,24). The molecule has 0 unspecified atom stereocenters. The van der Waals surface area contributed by atoms with E-state index in [-0.39, 0.29) is 10.1 Å². The predicted molar refractivity (Wildman–Crippen MR) is 106 cm³/mol. The predicted octanol–water partition coefficient (Wildman–Crippen LogP) is 4.05. The van der Waals surface area contributed by atoms with E-state index in [0.29, 0.717) is 33.3 Å². The van der Waals surface area contributed by atoms with Crippen LogP contribution in [0.1, 0.15) is 48.9 Å². The molecule has 5 rings (SSSR count). The molecular formula is C17H16ClN6O2S2. The minimum atomic E-state index is -4.01. The summed E-state index contributed by atoms with van der Waals surface area (Å²) in [6, 6.07) is 4.98. The van der Waals surface area contributed by atoms with E-state index in [9.17, 15) is 8.42 Å². The monoisotopic (exact) mass is 435 g/mol. The van der Waals surface area contributed by atoms with Crippen molar-refractivity contribution in [2.24, 2.45) is 0 Å². The van der Waals surface area contributed by atoms with Gasteiger partial charge in [-0.25, -0.2) is 18.4 Å². The first-order valence-electron chi connectivity index (χ1n) is 8.88. The van der Waals surface area contributed by atoms with Gasteiger partial charge >= 0.3 is 0 Å². The van der Waals surface area contributed by atoms with Crippen molar-refractivity contribution in [3.63, 3.8) is 0 Å². The van der Waals surface area contributed by atoms with E-state index in [4.69, 9.17) is 16.7 Å². The van der Waals surface area contributed by atoms with Gasteiger partial charge in [-0.05, 0) is 37.8 Å². The molecule has 0 saturated heterocycles. The minimum Gasteiger partial charge on any atom is -0.322 e. The zero-order valence-electron chi connectivity index (χ0n) is 14.6. The van der Waals surface area contributed by atoms with E-state index < -0.39 is 10.0 Å². The third-order valence-corrected chi connectivity index (χ3v) is 7.59. The largest absolute Gasteiger partial charge is 0.322 e. The molecule has 145 valence electrons. The highest BCUT2D eigenvalue weighted by Gasteiger charge is 2.31. The summed E-state index contributed by atoms with van der Waals surface area (Å²) in [6.07, 6.45) is 4.37. The highest BCUT2D eigenvalue weighted by Crippen LogP contribution is 2.45. The van der Waals surface area contributed by atoms with Crippen LogP contribution in [0.5, 0.6) is 0 Å². The molecule has 8 nitrogen and oxygen atoms in total. The fraction of sp³-hybridized carbons (Fsp3) is 0.353. The van der Waals surface area contributed by atoms with Gasteiger partial charge in [-0.3, -0.25) is 5.10 Å². The van der Waals surface area contributed by atoms with Crippen LogP contribution in [0.15, 0.2) is 22.4 Å². The van der Waals surface area contributed by atoms with Crippen LogP contribution in [-0.2, 0) is 10.0 Å². The highest BCUT2D eigenvalue weighted by atomic mass is 35.5. The smallest absolute Gasteiger partial charge is 0.263 e. The van der Waals surface area contributed by atoms with E-state index in [1.165, 1.54) is 18.9 Å². The summed E-state index contributed by atoms with van der Waals surface area (Å²) in [5, 5.41) is 18.2. The van der Waals surface area contributed by atoms with E-state index in [2.05, 4.69) is 25.5 Å². The maximum atomic E-state index is 11.5. The summed E-state index contributed by atoms with van der Waals surface area (Å²) in [6.45, 7) is 0. The Morgan fingerprint density at radius 1 is 1.18 bits per heavy atom. The second-order valence-electron chi connectivity index (χ2n) is 7.10. The lowest BCUT2D eigenvalue weighted by molar-refractivity contribution is 0.598. The Kier molecular flexibility index (Phi) is 4.20. The van der Waals surface area contributed by atoms with Gasteiger partial charge in [0, 0.05) is 23.6 Å². The maximum Gasteiger partial charge on any atom is 0.263 e. The molecule has 0 aliphatic heterocycles. The number of aromatic nitrogens is 4. The Morgan fingerprint density at radius 2 is 1.93 bits per heavy atom. The SMILES string of the molecule is [NH]S(=O)(=O)c1ccc(-c2nc(Nc3cc(C4CC4)[nH]n3)c(Cl)c(C3CC3)n2)s1. The molecule has 0 spiro atoms. The van der Waals surface area contributed by atoms with Gasteiger partial charge in [0.1, 0.15) is 9.23 Å². The zero-order valence-corrected chi connectivity index (χ0v) is 17.0. The van der Waals surface area contributed by atoms with Crippen LogP contribution in [0.2, 0.25) is 5.02 Å². The molecule has 1 radical (unpaired) electrons. The van der Waals surface area contributed by atoms with Gasteiger partial charge in [0.15, 0.2) is 17.5 Å². The van der Waals surface area contributed by atoms with E-state index in [1.807, 2.05) is 6.07 Å². The molecule has 28 heavy (non-hydrogen) atoms. The Balaban J connectivity index is 1.53. The van der Waals surface area contributed by atoms with Gasteiger partial charge < -0.3 is 5.32 Å². The van der Waals surface area contributed by atoms with Crippen LogP contribution >= 0.6 is 22.9 Å². The lowest BCUT2D eigenvalue weighted by atomic mass is 10.2. The van der Waals surface area contributed by atoms with Crippen molar-refractivity contribution in [1.29, 1.82) is 0 Å². The van der Waals surface area contributed by atoms with Gasteiger partial charge in [-0.2, -0.15) is 5.10 Å². The molecule has 0 bridgehead atoms. The third-order valence-electron chi connectivity index (χ3n) is 4.77. The van der Waals surface area contributed by atoms with E-state index in [1.54, 1.807) is 6.07 Å². The molecule has 3 aromatic heterocycles. The number of nitrogens with zero attached hydrogens (tertiary/aromatic N) is 3. The van der Waals surface area contributed by atoms with Crippen LogP contribution in [0.3, 0.4) is 0 Å². The minimum absolute atomic E-state index is 0.0371. The summed E-state index contributed by atoms with van der Waals surface area (Å²) < 4.78 is 22.9. The molecule has 0 aromatic carbocycles. The van der Waals surface area contributed by atoms with Crippen molar-refractivity contribution in [3.05, 3.63) is 34.6 Å². The number of hydrogen-bond donors (Lipinski definition) is 2. The Morgan fingerprint density at radius 3 is 2.57 bits per heavy atom. The Bertz CT molecular complexity index is 1160. The molecular weight excluding hydrogens is 420 g/mol. The second-order valence-corrected chi connectivity index (χ2v) is 10.3. The molecule has 2 aliphatic carbocycles. The van der Waals surface area contributed by atoms with Crippen molar-refractivity contribution in [1.82, 2.24) is 25.3 Å². The van der Waals surface area contributed by atoms with Crippen LogP contribution in [0.4, 0.5) is 11.6 Å². The number of sulfonamides is 1. The lowest BCUT2D eigenvalue weighted by Gasteiger charge is -2.10. The summed E-state index contributed by atoms with van der Waals surface area (Å²) in [7, 11) is -4.01. The van der Waals surface area contributed by atoms with Crippen molar-refractivity contribution in [2.45, 2.75) is 41.7 Å². The summed E-state index contributed by atoms with van der Waals surface area (Å²) in [5.74, 6) is 2.32. The molecule has 3 aromatic rings. The van der Waals surface area contributed by atoms with Crippen LogP contribution in [0, 0.1) is 0 Å². The number of hydrogen-bond acceptors (Lipinski definition) is 7. The highest BCUT2D eigenvalue weighted by molar-refractivity contribution is 7.91. The number of halogens is 1. The molecule has 2 saturated carbocycles. The summed E-state index contributed by atoms with van der Waals surface area (Å²) in [4.78, 5) is 9.69. The first-order valence-corrected chi connectivity index (χ1v) is 11.6. The average Bonchev–Trinajstić information content (AvgIpc) is 3.57. The van der Waals surface area contributed by atoms with Gasteiger partial charge in [0.25, 0.3) is 10.0 Å². The zero-order chi connectivity index (χ0) is 19.5. The summed E-state index contributed by atoms with van der Waals surface area (Å²) in [5.41, 5.74) is 1.86. The molecule has 0 atom stereocenters. The van der Waals surface area contributed by atoms with Crippen LogP contribution in [-0.4, -0.2) is 28.6 Å². The number of anilines is 2. The van der Waals surface area contributed by atoms with Crippen molar-refractivity contribution >= 4 is 44.6 Å². The normalized spacial score (nSPS) is 17.1. The first-order chi connectivity index (χ1) is 13.4. The molecule has 0 amide bonds. The van der Waals surface area contributed by atoms with Crippen molar-refractivity contribution < 1.29 is 8.42 Å². The molecule has 11 heteroatoms. The Labute approximate surface area is 170 Å². The van der Waals surface area contributed by atoms with Crippen LogP contribution in [0.25, 0.3) is 10.7 Å². The first kappa shape index (κ1) is 18.0. The van der Waals surface area contributed by atoms with Crippen molar-refractivity contribution in [3.8, 4) is 10.7 Å². The molecule has 2 fully saturated rings. The molecule has 2 aliphatic rings. The topological polar surface area (TPSA) is 124 Å². The number of nitrogens with one attached hydrogen (secondary N) is 3. The van der Waals surface area contributed by atoms with Gasteiger partial charge in [0.05, 0.1) is 10.6 Å². The van der Waals surface area contributed by atoms with E-state index in [0.717, 1.165) is 35.6 Å². The summed E-state index contributed by atoms with van der Waals surface area (Å²) >= 11 is 7.54.